The van der Waals surface area contributed by atoms with Crippen LogP contribution in [0.4, 0.5) is 5.69 Å². The summed E-state index contributed by atoms with van der Waals surface area (Å²) in [5.41, 5.74) is 2.04. The van der Waals surface area contributed by atoms with Gasteiger partial charge >= 0.3 is 0 Å². The topological polar surface area (TPSA) is 94.2 Å². The van der Waals surface area contributed by atoms with Gasteiger partial charge in [0.05, 0.1) is 23.2 Å². The average molecular weight is 511 g/mol. The molecule has 0 fully saturated rings. The molecule has 8 nitrogen and oxygen atoms in total. The summed E-state index contributed by atoms with van der Waals surface area (Å²) >= 11 is 0. The first-order chi connectivity index (χ1) is 17.3. The number of anilines is 1. The molecule has 1 atom stereocenters. The van der Waals surface area contributed by atoms with Crippen molar-refractivity contribution in [2.75, 3.05) is 30.7 Å². The molecular weight excluding hydrogens is 480 g/mol. The zero-order valence-electron chi connectivity index (χ0n) is 20.6. The van der Waals surface area contributed by atoms with Crippen molar-refractivity contribution in [1.82, 2.24) is 5.32 Å². The lowest BCUT2D eigenvalue weighted by Crippen LogP contribution is -2.41. The zero-order valence-corrected chi connectivity index (χ0v) is 21.4. The zero-order chi connectivity index (χ0) is 25.7. The monoisotopic (exact) mass is 510 g/mol. The fourth-order valence-electron chi connectivity index (χ4n) is 3.91. The van der Waals surface area contributed by atoms with E-state index in [2.05, 4.69) is 5.32 Å². The number of rotatable bonds is 9. The standard InChI is InChI=1S/C27H30N2O6S/c1-4-33-24-8-6-5-7-23(24)29(36(31,32)22-12-9-19(2)10-13-22)18-27(30)28-20(3)21-11-14-25-26(17-21)35-16-15-34-25/h5-14,17,20H,4,15-16,18H2,1-3H3,(H,28,30). The van der Waals surface area contributed by atoms with E-state index in [1.54, 1.807) is 42.5 Å². The Morgan fingerprint density at radius 1 is 1.03 bits per heavy atom. The van der Waals surface area contributed by atoms with Crippen molar-refractivity contribution in [3.63, 3.8) is 0 Å². The van der Waals surface area contributed by atoms with Gasteiger partial charge in [0.25, 0.3) is 10.0 Å². The summed E-state index contributed by atoms with van der Waals surface area (Å²) in [6.07, 6.45) is 0. The van der Waals surface area contributed by atoms with Crippen LogP contribution >= 0.6 is 0 Å². The van der Waals surface area contributed by atoms with E-state index in [-0.39, 0.29) is 10.9 Å². The Labute approximate surface area is 211 Å². The molecule has 36 heavy (non-hydrogen) atoms. The Bertz CT molecular complexity index is 1320. The first-order valence-electron chi connectivity index (χ1n) is 11.8. The normalized spacial score (nSPS) is 13.5. The van der Waals surface area contributed by atoms with Gasteiger partial charge in [0, 0.05) is 0 Å². The van der Waals surface area contributed by atoms with Gasteiger partial charge < -0.3 is 19.5 Å². The van der Waals surface area contributed by atoms with Gasteiger partial charge in [-0.25, -0.2) is 8.42 Å². The van der Waals surface area contributed by atoms with Crippen molar-refractivity contribution in [3.8, 4) is 17.2 Å². The summed E-state index contributed by atoms with van der Waals surface area (Å²) in [6, 6.07) is 18.4. The Morgan fingerprint density at radius 3 is 2.44 bits per heavy atom. The van der Waals surface area contributed by atoms with E-state index >= 15 is 0 Å². The van der Waals surface area contributed by atoms with Gasteiger partial charge in [-0.2, -0.15) is 0 Å². The van der Waals surface area contributed by atoms with Crippen molar-refractivity contribution >= 4 is 21.6 Å². The van der Waals surface area contributed by atoms with Gasteiger partial charge in [-0.15, -0.1) is 0 Å². The molecule has 0 aliphatic carbocycles. The highest BCUT2D eigenvalue weighted by atomic mass is 32.2. The fourth-order valence-corrected chi connectivity index (χ4v) is 5.34. The number of carbonyl (C=O) groups is 1. The maximum absolute atomic E-state index is 13.7. The van der Waals surface area contributed by atoms with Crippen LogP contribution < -0.4 is 23.8 Å². The molecule has 3 aromatic rings. The molecule has 1 aliphatic rings. The maximum Gasteiger partial charge on any atom is 0.264 e. The fraction of sp³-hybridized carbons (Fsp3) is 0.296. The van der Waals surface area contributed by atoms with Crippen LogP contribution in [0.25, 0.3) is 0 Å². The number of aryl methyl sites for hydroxylation is 1. The molecule has 0 radical (unpaired) electrons. The minimum atomic E-state index is -4.06. The van der Waals surface area contributed by atoms with Crippen LogP contribution in [0.5, 0.6) is 17.2 Å². The van der Waals surface area contributed by atoms with Crippen molar-refractivity contribution in [1.29, 1.82) is 0 Å². The van der Waals surface area contributed by atoms with Crippen LogP contribution in [0.2, 0.25) is 0 Å². The lowest BCUT2D eigenvalue weighted by atomic mass is 10.1. The lowest BCUT2D eigenvalue weighted by molar-refractivity contribution is -0.120. The highest BCUT2D eigenvalue weighted by molar-refractivity contribution is 7.92. The molecule has 0 spiro atoms. The van der Waals surface area contributed by atoms with E-state index in [1.165, 1.54) is 12.1 Å². The molecule has 4 rings (SSSR count). The third kappa shape index (κ3) is 5.57. The van der Waals surface area contributed by atoms with E-state index in [0.717, 1.165) is 15.4 Å². The lowest BCUT2D eigenvalue weighted by Gasteiger charge is -2.27. The molecule has 1 N–H and O–H groups in total. The van der Waals surface area contributed by atoms with Crippen LogP contribution in [-0.4, -0.2) is 40.7 Å². The summed E-state index contributed by atoms with van der Waals surface area (Å²) in [5.74, 6) is 1.20. The maximum atomic E-state index is 13.7. The number of nitrogens with zero attached hydrogens (tertiary/aromatic N) is 1. The summed E-state index contributed by atoms with van der Waals surface area (Å²) < 4.78 is 45.4. The van der Waals surface area contributed by atoms with Gasteiger partial charge in [-0.1, -0.05) is 35.9 Å². The molecule has 0 saturated carbocycles. The number of sulfonamides is 1. The van der Waals surface area contributed by atoms with E-state index in [9.17, 15) is 13.2 Å². The average Bonchev–Trinajstić information content (AvgIpc) is 2.88. The van der Waals surface area contributed by atoms with Gasteiger partial charge in [-0.3, -0.25) is 9.10 Å². The number of ether oxygens (including phenoxy) is 3. The summed E-state index contributed by atoms with van der Waals surface area (Å²) in [4.78, 5) is 13.3. The first-order valence-corrected chi connectivity index (χ1v) is 13.2. The van der Waals surface area contributed by atoms with Crippen LogP contribution in [0.3, 0.4) is 0 Å². The minimum Gasteiger partial charge on any atom is -0.492 e. The molecule has 1 amide bonds. The van der Waals surface area contributed by atoms with Crippen molar-refractivity contribution in [3.05, 3.63) is 77.9 Å². The number of carbonyl (C=O) groups excluding carboxylic acids is 1. The largest absolute Gasteiger partial charge is 0.492 e. The van der Waals surface area contributed by atoms with Crippen molar-refractivity contribution in [2.45, 2.75) is 31.7 Å². The van der Waals surface area contributed by atoms with E-state index < -0.39 is 22.5 Å². The Morgan fingerprint density at radius 2 is 1.72 bits per heavy atom. The molecule has 9 heteroatoms. The van der Waals surface area contributed by atoms with Crippen LogP contribution in [0.1, 0.15) is 31.0 Å². The molecule has 3 aromatic carbocycles. The van der Waals surface area contributed by atoms with Crippen LogP contribution in [-0.2, 0) is 14.8 Å². The second kappa shape index (κ2) is 10.9. The third-order valence-electron chi connectivity index (χ3n) is 5.77. The number of nitrogens with one attached hydrogen (secondary N) is 1. The Kier molecular flexibility index (Phi) is 7.69. The van der Waals surface area contributed by atoms with Gasteiger partial charge in [-0.05, 0) is 62.7 Å². The Balaban J connectivity index is 1.61. The number of hydrogen-bond acceptors (Lipinski definition) is 6. The van der Waals surface area contributed by atoms with Gasteiger partial charge in [0.15, 0.2) is 11.5 Å². The molecule has 1 unspecified atom stereocenters. The number of amides is 1. The minimum absolute atomic E-state index is 0.0899. The van der Waals surface area contributed by atoms with Crippen molar-refractivity contribution in [2.24, 2.45) is 0 Å². The van der Waals surface area contributed by atoms with Gasteiger partial charge in [0.1, 0.15) is 25.5 Å². The molecule has 0 bridgehead atoms. The predicted octanol–water partition coefficient (Wildman–Crippen LogP) is 4.24. The number of para-hydroxylation sites is 2. The molecule has 1 aliphatic heterocycles. The Hall–Kier alpha value is -3.72. The molecule has 0 aromatic heterocycles. The summed E-state index contributed by atoms with van der Waals surface area (Å²) in [6.45, 7) is 6.41. The SMILES string of the molecule is CCOc1ccccc1N(CC(=O)NC(C)c1ccc2c(c1)OCCO2)S(=O)(=O)c1ccc(C)cc1. The van der Waals surface area contributed by atoms with Crippen molar-refractivity contribution < 1.29 is 27.4 Å². The second-order valence-electron chi connectivity index (χ2n) is 8.42. The molecular formula is C27H30N2O6S. The number of benzene rings is 3. The summed E-state index contributed by atoms with van der Waals surface area (Å²) in [5, 5.41) is 2.91. The number of fused-ring (bicyclic) bond motifs is 1. The number of hydrogen-bond donors (Lipinski definition) is 1. The highest BCUT2D eigenvalue weighted by Gasteiger charge is 2.30. The quantitative estimate of drug-likeness (QED) is 0.463. The molecule has 1 heterocycles. The molecule has 190 valence electrons. The first kappa shape index (κ1) is 25.4. The predicted molar refractivity (Wildman–Crippen MR) is 137 cm³/mol. The smallest absolute Gasteiger partial charge is 0.264 e. The van der Waals surface area contributed by atoms with E-state index in [1.807, 2.05) is 32.9 Å². The van der Waals surface area contributed by atoms with Gasteiger partial charge in [0.2, 0.25) is 5.91 Å². The third-order valence-corrected chi connectivity index (χ3v) is 7.55. The highest BCUT2D eigenvalue weighted by Crippen LogP contribution is 2.34. The molecule has 0 saturated heterocycles. The second-order valence-corrected chi connectivity index (χ2v) is 10.3. The van der Waals surface area contributed by atoms with Crippen LogP contribution in [0.15, 0.2) is 71.6 Å². The summed E-state index contributed by atoms with van der Waals surface area (Å²) in [7, 11) is -4.06. The van der Waals surface area contributed by atoms with Crippen LogP contribution in [0, 0.1) is 6.92 Å². The van der Waals surface area contributed by atoms with E-state index in [4.69, 9.17) is 14.2 Å². The van der Waals surface area contributed by atoms with E-state index in [0.29, 0.717) is 42.8 Å².